The van der Waals surface area contributed by atoms with Crippen LogP contribution in [-0.4, -0.2) is 6.04 Å². The van der Waals surface area contributed by atoms with Gasteiger partial charge in [-0.3, -0.25) is 0 Å². The molecule has 0 atom stereocenters. The fourth-order valence-electron chi connectivity index (χ4n) is 3.06. The quantitative estimate of drug-likeness (QED) is 0.721. The molecule has 0 radical (unpaired) electrons. The minimum absolute atomic E-state index is 0.240. The summed E-state index contributed by atoms with van der Waals surface area (Å²) in [5, 5.41) is 3.69. The molecule has 6 heteroatoms. The third kappa shape index (κ3) is 4.14. The van der Waals surface area contributed by atoms with Crippen LogP contribution in [0.4, 0.5) is 13.2 Å². The Morgan fingerprint density at radius 2 is 1.83 bits per heavy atom. The average Bonchev–Trinajstić information content (AvgIpc) is 3.02. The molecule has 24 heavy (non-hydrogen) atoms. The van der Waals surface area contributed by atoms with E-state index in [1.54, 1.807) is 12.1 Å². The molecule has 1 aromatic heterocycles. The number of rotatable bonds is 4. The first-order chi connectivity index (χ1) is 11.4. The smallest absolute Gasteiger partial charge is 0.416 e. The van der Waals surface area contributed by atoms with Crippen molar-refractivity contribution in [3.63, 3.8) is 0 Å². The summed E-state index contributed by atoms with van der Waals surface area (Å²) in [5.74, 6) is 1.05. The second-order valence-corrected chi connectivity index (χ2v) is 6.58. The molecular weight excluding hydrogens is 339 g/mol. The highest BCUT2D eigenvalue weighted by Gasteiger charge is 2.31. The highest BCUT2D eigenvalue weighted by Crippen LogP contribution is 2.36. The van der Waals surface area contributed by atoms with E-state index in [4.69, 9.17) is 16.0 Å². The van der Waals surface area contributed by atoms with Crippen LogP contribution in [0.1, 0.15) is 43.4 Å². The van der Waals surface area contributed by atoms with Crippen LogP contribution in [0.25, 0.3) is 11.3 Å². The van der Waals surface area contributed by atoms with Gasteiger partial charge in [0.25, 0.3) is 0 Å². The van der Waals surface area contributed by atoms with Gasteiger partial charge in [0, 0.05) is 11.6 Å². The summed E-state index contributed by atoms with van der Waals surface area (Å²) < 4.78 is 44.3. The van der Waals surface area contributed by atoms with Gasteiger partial charge < -0.3 is 9.73 Å². The van der Waals surface area contributed by atoms with Crippen LogP contribution in [-0.2, 0) is 12.7 Å². The molecule has 1 aliphatic carbocycles. The van der Waals surface area contributed by atoms with E-state index in [2.05, 4.69) is 5.32 Å². The molecule has 1 saturated carbocycles. The normalized spacial score (nSPS) is 16.5. The van der Waals surface area contributed by atoms with Gasteiger partial charge in [-0.2, -0.15) is 13.2 Å². The van der Waals surface area contributed by atoms with Gasteiger partial charge in [0.15, 0.2) is 0 Å². The molecule has 3 rings (SSSR count). The molecule has 1 aliphatic rings. The Labute approximate surface area is 144 Å². The summed E-state index contributed by atoms with van der Waals surface area (Å²) >= 11 is 6.05. The molecule has 0 saturated heterocycles. The van der Waals surface area contributed by atoms with Crippen molar-refractivity contribution in [1.82, 2.24) is 5.32 Å². The minimum Gasteiger partial charge on any atom is -0.460 e. The largest absolute Gasteiger partial charge is 0.460 e. The first kappa shape index (κ1) is 17.4. The first-order valence-corrected chi connectivity index (χ1v) is 8.50. The highest BCUT2D eigenvalue weighted by atomic mass is 35.5. The number of benzene rings is 1. The van der Waals surface area contributed by atoms with Gasteiger partial charge in [0.05, 0.1) is 17.1 Å². The molecular formula is C18H19ClF3NO. The molecule has 0 bridgehead atoms. The Morgan fingerprint density at radius 3 is 2.54 bits per heavy atom. The van der Waals surface area contributed by atoms with E-state index >= 15 is 0 Å². The molecule has 0 amide bonds. The maximum absolute atomic E-state index is 12.9. The predicted molar refractivity (Wildman–Crippen MR) is 87.9 cm³/mol. The Balaban J connectivity index is 1.73. The lowest BCUT2D eigenvalue weighted by Crippen LogP contribution is -2.30. The fourth-order valence-corrected chi connectivity index (χ4v) is 3.27. The Hall–Kier alpha value is -1.46. The second-order valence-electron chi connectivity index (χ2n) is 6.17. The topological polar surface area (TPSA) is 25.2 Å². The van der Waals surface area contributed by atoms with Crippen LogP contribution in [0.2, 0.25) is 5.02 Å². The van der Waals surface area contributed by atoms with Crippen LogP contribution >= 0.6 is 11.6 Å². The molecule has 2 nitrogen and oxygen atoms in total. The van der Waals surface area contributed by atoms with Crippen molar-refractivity contribution in [3.05, 3.63) is 46.7 Å². The number of alkyl halides is 3. The van der Waals surface area contributed by atoms with E-state index in [1.165, 1.54) is 25.3 Å². The molecule has 2 aromatic rings. The number of furan rings is 1. The van der Waals surface area contributed by atoms with Crippen molar-refractivity contribution in [2.45, 2.75) is 50.9 Å². The summed E-state index contributed by atoms with van der Waals surface area (Å²) in [5.41, 5.74) is -0.476. The van der Waals surface area contributed by atoms with Crippen molar-refractivity contribution < 1.29 is 17.6 Å². The zero-order valence-electron chi connectivity index (χ0n) is 13.1. The van der Waals surface area contributed by atoms with Crippen molar-refractivity contribution in [3.8, 4) is 11.3 Å². The van der Waals surface area contributed by atoms with Crippen molar-refractivity contribution in [2.24, 2.45) is 0 Å². The lowest BCUT2D eigenvalue weighted by molar-refractivity contribution is -0.137. The van der Waals surface area contributed by atoms with Gasteiger partial charge in [-0.15, -0.1) is 0 Å². The summed E-state index contributed by atoms with van der Waals surface area (Å²) in [7, 11) is 0. The van der Waals surface area contributed by atoms with E-state index < -0.39 is 11.7 Å². The van der Waals surface area contributed by atoms with Gasteiger partial charge in [0.2, 0.25) is 0 Å². The van der Waals surface area contributed by atoms with E-state index in [0.29, 0.717) is 24.1 Å². The van der Waals surface area contributed by atoms with E-state index in [-0.39, 0.29) is 10.6 Å². The molecule has 0 unspecified atom stereocenters. The first-order valence-electron chi connectivity index (χ1n) is 8.13. The average molecular weight is 358 g/mol. The van der Waals surface area contributed by atoms with E-state index in [0.717, 1.165) is 25.0 Å². The molecule has 130 valence electrons. The van der Waals surface area contributed by atoms with Crippen LogP contribution in [0.3, 0.4) is 0 Å². The van der Waals surface area contributed by atoms with Gasteiger partial charge in [0.1, 0.15) is 11.5 Å². The zero-order chi connectivity index (χ0) is 17.2. The predicted octanol–water partition coefficient (Wildman–Crippen LogP) is 6.04. The van der Waals surface area contributed by atoms with Gasteiger partial charge in [-0.1, -0.05) is 30.9 Å². The van der Waals surface area contributed by atoms with Crippen molar-refractivity contribution >= 4 is 11.6 Å². The van der Waals surface area contributed by atoms with Crippen molar-refractivity contribution in [2.75, 3.05) is 0 Å². The molecule has 1 aromatic carbocycles. The molecule has 0 spiro atoms. The number of nitrogens with one attached hydrogen (secondary N) is 1. The monoisotopic (exact) mass is 357 g/mol. The SMILES string of the molecule is FC(F)(F)c1ccc(Cl)c(-c2ccc(CNC3CCCCC3)o2)c1. The standard InChI is InChI=1S/C18H19ClF3NO/c19-16-8-6-12(18(20,21)22)10-15(16)17-9-7-14(24-17)11-23-13-4-2-1-3-5-13/h6-10,13,23H,1-5,11H2. The lowest BCUT2D eigenvalue weighted by Gasteiger charge is -2.22. The van der Waals surface area contributed by atoms with Crippen LogP contribution in [0.5, 0.6) is 0 Å². The van der Waals surface area contributed by atoms with Crippen LogP contribution in [0.15, 0.2) is 34.7 Å². The fraction of sp³-hybridized carbons (Fsp3) is 0.444. The van der Waals surface area contributed by atoms with Gasteiger partial charge >= 0.3 is 6.18 Å². The number of hydrogen-bond donors (Lipinski definition) is 1. The highest BCUT2D eigenvalue weighted by molar-refractivity contribution is 6.33. The number of halogens is 4. The Kier molecular flexibility index (Phi) is 5.21. The summed E-state index contributed by atoms with van der Waals surface area (Å²) in [6, 6.07) is 7.19. The second kappa shape index (κ2) is 7.19. The van der Waals surface area contributed by atoms with Crippen LogP contribution < -0.4 is 5.32 Å². The molecule has 1 N–H and O–H groups in total. The third-order valence-corrected chi connectivity index (χ3v) is 4.72. The lowest BCUT2D eigenvalue weighted by atomic mass is 9.95. The third-order valence-electron chi connectivity index (χ3n) is 4.39. The van der Waals surface area contributed by atoms with E-state index in [9.17, 15) is 13.2 Å². The molecule has 1 fully saturated rings. The Bertz CT molecular complexity index is 690. The minimum atomic E-state index is -4.41. The van der Waals surface area contributed by atoms with Gasteiger partial charge in [-0.25, -0.2) is 0 Å². The maximum Gasteiger partial charge on any atom is 0.416 e. The van der Waals surface area contributed by atoms with Crippen LogP contribution in [0, 0.1) is 0 Å². The summed E-state index contributed by atoms with van der Waals surface area (Å²) in [6.45, 7) is 0.571. The summed E-state index contributed by atoms with van der Waals surface area (Å²) in [4.78, 5) is 0. The van der Waals surface area contributed by atoms with E-state index in [1.807, 2.05) is 0 Å². The molecule has 0 aliphatic heterocycles. The Morgan fingerprint density at radius 1 is 1.08 bits per heavy atom. The zero-order valence-corrected chi connectivity index (χ0v) is 13.9. The number of hydrogen-bond acceptors (Lipinski definition) is 2. The maximum atomic E-state index is 12.9. The summed E-state index contributed by atoms with van der Waals surface area (Å²) in [6.07, 6.45) is 1.68. The van der Waals surface area contributed by atoms with Gasteiger partial charge in [-0.05, 0) is 43.2 Å². The molecule has 1 heterocycles. The van der Waals surface area contributed by atoms with Crippen molar-refractivity contribution in [1.29, 1.82) is 0 Å².